The third kappa shape index (κ3) is 3.61. The van der Waals surface area contributed by atoms with Crippen LogP contribution in [0.25, 0.3) is 11.1 Å². The van der Waals surface area contributed by atoms with Crippen molar-refractivity contribution < 1.29 is 0 Å². The highest BCUT2D eigenvalue weighted by atomic mass is 15.4. The minimum atomic E-state index is -0.193. The van der Waals surface area contributed by atoms with E-state index in [9.17, 15) is 0 Å². The molecule has 0 atom stereocenters. The molecule has 0 unspecified atom stereocenters. The number of benzene rings is 2. The van der Waals surface area contributed by atoms with E-state index in [4.69, 9.17) is 0 Å². The first-order valence-electron chi connectivity index (χ1n) is 11.0. The molecule has 166 valence electrons. The van der Waals surface area contributed by atoms with Crippen LogP contribution in [0.15, 0.2) is 122 Å². The van der Waals surface area contributed by atoms with Crippen molar-refractivity contribution >= 4 is 0 Å². The predicted molar refractivity (Wildman–Crippen MR) is 128 cm³/mol. The molecule has 0 saturated heterocycles. The molecule has 6 aromatic rings. The van der Waals surface area contributed by atoms with Crippen LogP contribution in [0.1, 0.15) is 23.5 Å². The van der Waals surface area contributed by atoms with Gasteiger partial charge in [0.15, 0.2) is 12.3 Å². The number of rotatable bonds is 7. The Balaban J connectivity index is 1.42. The Kier molecular flexibility index (Phi) is 5.08. The second kappa shape index (κ2) is 8.67. The van der Waals surface area contributed by atoms with E-state index in [-0.39, 0.29) is 12.3 Å². The first kappa shape index (κ1) is 19.9. The van der Waals surface area contributed by atoms with Gasteiger partial charge in [0.1, 0.15) is 0 Å². The van der Waals surface area contributed by atoms with Gasteiger partial charge in [-0.25, -0.2) is 18.7 Å². The number of nitrogens with zero attached hydrogens (tertiary/aromatic N) is 8. The van der Waals surface area contributed by atoms with E-state index in [0.717, 1.165) is 22.3 Å². The van der Waals surface area contributed by atoms with E-state index in [1.54, 1.807) is 24.8 Å². The van der Waals surface area contributed by atoms with E-state index in [1.165, 1.54) is 0 Å². The summed E-state index contributed by atoms with van der Waals surface area (Å²) in [7, 11) is 0. The van der Waals surface area contributed by atoms with Gasteiger partial charge in [0, 0.05) is 55.1 Å². The lowest BCUT2D eigenvalue weighted by Gasteiger charge is -2.22. The molecular formula is C26H22N8. The highest BCUT2D eigenvalue weighted by Crippen LogP contribution is 2.32. The summed E-state index contributed by atoms with van der Waals surface area (Å²) in [5.41, 5.74) is 4.44. The molecule has 34 heavy (non-hydrogen) atoms. The Hall–Kier alpha value is -4.72. The Morgan fingerprint density at radius 2 is 0.941 bits per heavy atom. The molecule has 2 aromatic carbocycles. The van der Waals surface area contributed by atoms with Crippen LogP contribution in [0.3, 0.4) is 0 Å². The average molecular weight is 447 g/mol. The zero-order valence-corrected chi connectivity index (χ0v) is 18.3. The first-order chi connectivity index (χ1) is 16.9. The molecule has 0 aliphatic heterocycles. The maximum atomic E-state index is 4.51. The van der Waals surface area contributed by atoms with Crippen molar-refractivity contribution in [3.8, 4) is 11.1 Å². The fourth-order valence-corrected chi connectivity index (χ4v) is 4.35. The van der Waals surface area contributed by atoms with E-state index < -0.39 is 0 Å². The third-order valence-corrected chi connectivity index (χ3v) is 5.86. The Morgan fingerprint density at radius 3 is 1.41 bits per heavy atom. The van der Waals surface area contributed by atoms with Crippen LogP contribution < -0.4 is 0 Å². The normalized spacial score (nSPS) is 11.5. The third-order valence-electron chi connectivity index (χ3n) is 5.86. The summed E-state index contributed by atoms with van der Waals surface area (Å²) in [6.45, 7) is 0. The second-order valence-electron chi connectivity index (χ2n) is 7.90. The Bertz CT molecular complexity index is 1360. The molecule has 0 aliphatic rings. The minimum Gasteiger partial charge on any atom is -0.244 e. The fourth-order valence-electron chi connectivity index (χ4n) is 4.35. The summed E-state index contributed by atoms with van der Waals surface area (Å²) in [4.78, 5) is 0. The minimum absolute atomic E-state index is 0.157. The molecule has 0 radical (unpaired) electrons. The molecule has 0 fully saturated rings. The van der Waals surface area contributed by atoms with Gasteiger partial charge in [-0.1, -0.05) is 48.5 Å². The molecule has 0 amide bonds. The summed E-state index contributed by atoms with van der Waals surface area (Å²) in [6.07, 6.45) is 14.6. The maximum absolute atomic E-state index is 4.51. The van der Waals surface area contributed by atoms with E-state index in [1.807, 2.05) is 67.8 Å². The molecule has 8 nitrogen and oxygen atoms in total. The van der Waals surface area contributed by atoms with Crippen LogP contribution in [0.4, 0.5) is 0 Å². The monoisotopic (exact) mass is 446 g/mol. The van der Waals surface area contributed by atoms with Gasteiger partial charge < -0.3 is 0 Å². The van der Waals surface area contributed by atoms with Crippen molar-refractivity contribution in [3.63, 3.8) is 0 Å². The van der Waals surface area contributed by atoms with Crippen molar-refractivity contribution in [3.05, 3.63) is 133 Å². The molecule has 0 N–H and O–H groups in total. The Morgan fingerprint density at radius 1 is 0.471 bits per heavy atom. The maximum Gasteiger partial charge on any atom is 0.169 e. The van der Waals surface area contributed by atoms with Crippen LogP contribution >= 0.6 is 0 Å². The highest BCUT2D eigenvalue weighted by Gasteiger charge is 2.21. The second-order valence-corrected chi connectivity index (χ2v) is 7.90. The van der Waals surface area contributed by atoms with E-state index in [2.05, 4.69) is 68.9 Å². The van der Waals surface area contributed by atoms with Gasteiger partial charge in [0.05, 0.1) is 0 Å². The van der Waals surface area contributed by atoms with Gasteiger partial charge in [0.2, 0.25) is 0 Å². The Labute approximate surface area is 196 Å². The average Bonchev–Trinajstić information content (AvgIpc) is 3.70. The zero-order valence-electron chi connectivity index (χ0n) is 18.3. The smallest absolute Gasteiger partial charge is 0.169 e. The van der Waals surface area contributed by atoms with Crippen LogP contribution in [-0.2, 0) is 0 Å². The quantitative estimate of drug-likeness (QED) is 0.366. The lowest BCUT2D eigenvalue weighted by molar-refractivity contribution is 0.418. The van der Waals surface area contributed by atoms with Gasteiger partial charge in [-0.15, -0.1) is 0 Å². The van der Waals surface area contributed by atoms with Crippen LogP contribution in [-0.4, -0.2) is 39.1 Å². The zero-order chi connectivity index (χ0) is 22.7. The van der Waals surface area contributed by atoms with Crippen molar-refractivity contribution in [2.75, 3.05) is 0 Å². The SMILES string of the molecule is c1ccc(C(n2cccn2)n2cccn2)c(-c2ccc(C(n3cccn3)n3cccn3)cc2)c1. The topological polar surface area (TPSA) is 71.3 Å². The summed E-state index contributed by atoms with van der Waals surface area (Å²) < 4.78 is 7.65. The van der Waals surface area contributed by atoms with Gasteiger partial charge in [0.25, 0.3) is 0 Å². The summed E-state index contributed by atoms with van der Waals surface area (Å²) in [6, 6.07) is 24.7. The number of aromatic nitrogens is 8. The first-order valence-corrected chi connectivity index (χ1v) is 11.0. The lowest BCUT2D eigenvalue weighted by atomic mass is 9.96. The largest absolute Gasteiger partial charge is 0.244 e. The van der Waals surface area contributed by atoms with Crippen LogP contribution in [0.2, 0.25) is 0 Å². The fraction of sp³-hybridized carbons (Fsp3) is 0.0769. The van der Waals surface area contributed by atoms with Gasteiger partial charge in [-0.2, -0.15) is 20.4 Å². The van der Waals surface area contributed by atoms with Gasteiger partial charge in [-0.05, 0) is 41.0 Å². The molecule has 0 aliphatic carbocycles. The number of hydrogen-bond donors (Lipinski definition) is 0. The molecule has 0 saturated carbocycles. The summed E-state index contributed by atoms with van der Waals surface area (Å²) >= 11 is 0. The molecule has 6 rings (SSSR count). The van der Waals surface area contributed by atoms with Crippen molar-refractivity contribution in [2.45, 2.75) is 12.3 Å². The molecule has 0 spiro atoms. The molecule has 8 heteroatoms. The standard InChI is InChI=1S/C26H22N8/c1-2-8-24(26(33-19-5-15-29-33)34-20-6-16-30-34)23(7-1)21-9-11-22(12-10-21)25(31-17-3-13-27-31)32-18-4-14-28-32/h1-20,25-26H. The highest BCUT2D eigenvalue weighted by molar-refractivity contribution is 5.68. The predicted octanol–water partition coefficient (Wildman–Crippen LogP) is 4.33. The molecular weight excluding hydrogens is 424 g/mol. The van der Waals surface area contributed by atoms with Crippen molar-refractivity contribution in [1.29, 1.82) is 0 Å². The van der Waals surface area contributed by atoms with Crippen LogP contribution in [0, 0.1) is 0 Å². The van der Waals surface area contributed by atoms with E-state index in [0.29, 0.717) is 0 Å². The van der Waals surface area contributed by atoms with Crippen LogP contribution in [0.5, 0.6) is 0 Å². The van der Waals surface area contributed by atoms with Crippen molar-refractivity contribution in [2.24, 2.45) is 0 Å². The molecule has 4 aromatic heterocycles. The molecule has 0 bridgehead atoms. The van der Waals surface area contributed by atoms with Crippen molar-refractivity contribution in [1.82, 2.24) is 39.1 Å². The summed E-state index contributed by atoms with van der Waals surface area (Å²) in [5, 5.41) is 17.9. The van der Waals surface area contributed by atoms with E-state index >= 15 is 0 Å². The van der Waals surface area contributed by atoms with Gasteiger partial charge in [-0.3, -0.25) is 0 Å². The lowest BCUT2D eigenvalue weighted by Crippen LogP contribution is -2.21. The van der Waals surface area contributed by atoms with Gasteiger partial charge >= 0.3 is 0 Å². The number of hydrogen-bond acceptors (Lipinski definition) is 4. The molecule has 4 heterocycles. The summed E-state index contributed by atoms with van der Waals surface area (Å²) in [5.74, 6) is 0.